The maximum Gasteiger partial charge on any atom is 0.191 e. The summed E-state index contributed by atoms with van der Waals surface area (Å²) in [6, 6.07) is 20.3. The predicted octanol–water partition coefficient (Wildman–Crippen LogP) is 3.49. The third-order valence-corrected chi connectivity index (χ3v) is 5.84. The summed E-state index contributed by atoms with van der Waals surface area (Å²) in [6.07, 6.45) is 3.10. The third kappa shape index (κ3) is 4.64. The van der Waals surface area contributed by atoms with E-state index in [1.54, 1.807) is 24.6 Å². The summed E-state index contributed by atoms with van der Waals surface area (Å²) in [4.78, 5) is 5.19. The molecule has 2 aromatic heterocycles. The number of aromatic nitrogens is 2. The molecule has 6 nitrogen and oxygen atoms in total. The molecule has 2 aromatic carbocycles. The van der Waals surface area contributed by atoms with E-state index in [0.29, 0.717) is 19.0 Å². The molecule has 0 bridgehead atoms. The molecule has 0 saturated carbocycles. The van der Waals surface area contributed by atoms with Gasteiger partial charge in [-0.3, -0.25) is 4.99 Å². The quantitative estimate of drug-likeness (QED) is 0.339. The molecule has 2 heterocycles. The van der Waals surface area contributed by atoms with E-state index in [-0.39, 0.29) is 0 Å². The largest absolute Gasteiger partial charge is 0.386 e. The molecule has 4 rings (SSSR count). The van der Waals surface area contributed by atoms with Crippen LogP contribution in [0.25, 0.3) is 15.8 Å². The number of hydrogen-bond donors (Lipinski definition) is 3. The molecule has 0 aliphatic rings. The summed E-state index contributed by atoms with van der Waals surface area (Å²) >= 11 is 1.62. The molecule has 0 aliphatic carbocycles. The van der Waals surface area contributed by atoms with Gasteiger partial charge in [-0.2, -0.15) is 5.10 Å². The summed E-state index contributed by atoms with van der Waals surface area (Å²) in [7, 11) is 1.72. The molecule has 29 heavy (non-hydrogen) atoms. The highest BCUT2D eigenvalue weighted by molar-refractivity contribution is 7.19. The van der Waals surface area contributed by atoms with Crippen LogP contribution in [-0.2, 0) is 6.54 Å². The van der Waals surface area contributed by atoms with Gasteiger partial charge in [-0.25, -0.2) is 4.68 Å². The van der Waals surface area contributed by atoms with E-state index < -0.39 is 6.10 Å². The Balaban J connectivity index is 1.30. The van der Waals surface area contributed by atoms with Crippen molar-refractivity contribution in [3.8, 4) is 5.69 Å². The first-order chi connectivity index (χ1) is 14.2. The Labute approximate surface area is 173 Å². The van der Waals surface area contributed by atoms with E-state index in [2.05, 4.69) is 45.0 Å². The minimum Gasteiger partial charge on any atom is -0.386 e. The van der Waals surface area contributed by atoms with Crippen LogP contribution in [0.3, 0.4) is 0 Å². The van der Waals surface area contributed by atoms with Crippen molar-refractivity contribution in [2.75, 3.05) is 13.6 Å². The maximum absolute atomic E-state index is 10.5. The second-order valence-corrected chi connectivity index (χ2v) is 7.74. The van der Waals surface area contributed by atoms with Gasteiger partial charge >= 0.3 is 0 Å². The standard InChI is InChI=1S/C22H23N5OS/c1-23-22(24-14-16-7-9-18(10-8-16)27-12-4-11-26-27)25-15-19(28)21-13-17-5-2-3-6-20(17)29-21/h2-13,19,28H,14-15H2,1H3,(H2,23,24,25). The van der Waals surface area contributed by atoms with Crippen molar-refractivity contribution in [1.29, 1.82) is 0 Å². The maximum atomic E-state index is 10.5. The van der Waals surface area contributed by atoms with Crippen molar-refractivity contribution in [1.82, 2.24) is 20.4 Å². The van der Waals surface area contributed by atoms with Crippen molar-refractivity contribution < 1.29 is 5.11 Å². The highest BCUT2D eigenvalue weighted by Gasteiger charge is 2.12. The smallest absolute Gasteiger partial charge is 0.191 e. The van der Waals surface area contributed by atoms with Crippen molar-refractivity contribution >= 4 is 27.4 Å². The first-order valence-corrected chi connectivity index (χ1v) is 10.2. The lowest BCUT2D eigenvalue weighted by Crippen LogP contribution is -2.38. The molecular weight excluding hydrogens is 382 g/mol. The lowest BCUT2D eigenvalue weighted by Gasteiger charge is -2.15. The molecular formula is C22H23N5OS. The molecule has 4 aromatic rings. The minimum absolute atomic E-state index is 0.394. The van der Waals surface area contributed by atoms with E-state index in [1.807, 2.05) is 47.3 Å². The van der Waals surface area contributed by atoms with E-state index in [9.17, 15) is 5.11 Å². The molecule has 7 heteroatoms. The summed E-state index contributed by atoms with van der Waals surface area (Å²) in [5.41, 5.74) is 2.15. The number of thiophene rings is 1. The van der Waals surface area contributed by atoms with Gasteiger partial charge < -0.3 is 15.7 Å². The summed E-state index contributed by atoms with van der Waals surface area (Å²) in [5.74, 6) is 0.654. The first kappa shape index (κ1) is 19.2. The van der Waals surface area contributed by atoms with Crippen LogP contribution in [0, 0.1) is 0 Å². The Kier molecular flexibility index (Phi) is 5.88. The molecule has 3 N–H and O–H groups in total. The summed E-state index contributed by atoms with van der Waals surface area (Å²) in [5, 5.41) is 22.4. The van der Waals surface area contributed by atoms with Crippen LogP contribution in [0.5, 0.6) is 0 Å². The van der Waals surface area contributed by atoms with Gasteiger partial charge in [0.05, 0.1) is 5.69 Å². The molecule has 0 aliphatic heterocycles. The molecule has 0 saturated heterocycles. The lowest BCUT2D eigenvalue weighted by atomic mass is 10.2. The van der Waals surface area contributed by atoms with E-state index in [4.69, 9.17) is 0 Å². The van der Waals surface area contributed by atoms with Gasteiger partial charge in [-0.1, -0.05) is 30.3 Å². The Morgan fingerprint density at radius 1 is 1.14 bits per heavy atom. The SMILES string of the molecule is CN=C(NCc1ccc(-n2cccn2)cc1)NCC(O)c1cc2ccccc2s1. The summed E-state index contributed by atoms with van der Waals surface area (Å²) < 4.78 is 3.01. The second kappa shape index (κ2) is 8.89. The van der Waals surface area contributed by atoms with Crippen LogP contribution in [0.2, 0.25) is 0 Å². The fraction of sp³-hybridized carbons (Fsp3) is 0.182. The number of benzene rings is 2. The Morgan fingerprint density at radius 2 is 1.97 bits per heavy atom. The number of aliphatic imine (C=N–C) groups is 1. The van der Waals surface area contributed by atoms with Gasteiger partial charge in [0, 0.05) is 42.1 Å². The molecule has 148 valence electrons. The van der Waals surface area contributed by atoms with Crippen molar-refractivity contribution in [2.24, 2.45) is 4.99 Å². The molecule has 1 unspecified atom stereocenters. The number of aliphatic hydroxyl groups excluding tert-OH is 1. The number of guanidine groups is 1. The van der Waals surface area contributed by atoms with Crippen LogP contribution in [0.1, 0.15) is 16.5 Å². The molecule has 0 spiro atoms. The number of aliphatic hydroxyl groups is 1. The molecule has 0 amide bonds. The van der Waals surface area contributed by atoms with Gasteiger partial charge in [-0.05, 0) is 41.3 Å². The van der Waals surface area contributed by atoms with E-state index in [0.717, 1.165) is 21.5 Å². The molecule has 0 radical (unpaired) electrons. The normalized spacial score (nSPS) is 12.8. The first-order valence-electron chi connectivity index (χ1n) is 9.43. The predicted molar refractivity (Wildman–Crippen MR) is 119 cm³/mol. The number of rotatable bonds is 6. The van der Waals surface area contributed by atoms with Gasteiger partial charge in [0.1, 0.15) is 6.10 Å². The highest BCUT2D eigenvalue weighted by atomic mass is 32.1. The van der Waals surface area contributed by atoms with E-state index >= 15 is 0 Å². The Morgan fingerprint density at radius 3 is 2.69 bits per heavy atom. The summed E-state index contributed by atoms with van der Waals surface area (Å²) in [6.45, 7) is 1.03. The average molecular weight is 406 g/mol. The van der Waals surface area contributed by atoms with Crippen LogP contribution in [0.4, 0.5) is 0 Å². The monoisotopic (exact) mass is 405 g/mol. The highest BCUT2D eigenvalue weighted by Crippen LogP contribution is 2.29. The third-order valence-electron chi connectivity index (χ3n) is 4.62. The minimum atomic E-state index is -0.584. The van der Waals surface area contributed by atoms with Crippen molar-refractivity contribution in [3.05, 3.63) is 83.5 Å². The van der Waals surface area contributed by atoms with Crippen LogP contribution in [0.15, 0.2) is 78.0 Å². The second-order valence-electron chi connectivity index (χ2n) is 6.63. The average Bonchev–Trinajstić information content (AvgIpc) is 3.44. The van der Waals surface area contributed by atoms with Gasteiger partial charge in [0.15, 0.2) is 5.96 Å². The zero-order valence-electron chi connectivity index (χ0n) is 16.1. The number of fused-ring (bicyclic) bond motifs is 1. The van der Waals surface area contributed by atoms with Crippen LogP contribution >= 0.6 is 11.3 Å². The van der Waals surface area contributed by atoms with Crippen LogP contribution < -0.4 is 10.6 Å². The van der Waals surface area contributed by atoms with Gasteiger partial charge in [-0.15, -0.1) is 11.3 Å². The zero-order chi connectivity index (χ0) is 20.1. The molecule has 1 atom stereocenters. The fourth-order valence-corrected chi connectivity index (χ4v) is 4.11. The Bertz CT molecular complexity index is 1050. The zero-order valence-corrected chi connectivity index (χ0v) is 16.9. The lowest BCUT2D eigenvalue weighted by molar-refractivity contribution is 0.184. The number of hydrogen-bond acceptors (Lipinski definition) is 4. The van der Waals surface area contributed by atoms with Crippen molar-refractivity contribution in [2.45, 2.75) is 12.6 Å². The fourth-order valence-electron chi connectivity index (χ4n) is 3.06. The topological polar surface area (TPSA) is 74.5 Å². The Hall–Kier alpha value is -3.16. The molecule has 0 fully saturated rings. The number of nitrogens with zero attached hydrogens (tertiary/aromatic N) is 3. The van der Waals surface area contributed by atoms with Gasteiger partial charge in [0.2, 0.25) is 0 Å². The van der Waals surface area contributed by atoms with Crippen molar-refractivity contribution in [3.63, 3.8) is 0 Å². The van der Waals surface area contributed by atoms with Crippen LogP contribution in [-0.4, -0.2) is 34.4 Å². The van der Waals surface area contributed by atoms with Gasteiger partial charge in [0.25, 0.3) is 0 Å². The number of nitrogens with one attached hydrogen (secondary N) is 2. The van der Waals surface area contributed by atoms with E-state index in [1.165, 1.54) is 4.70 Å².